The molecule has 116 valence electrons. The van der Waals surface area contributed by atoms with Crippen LogP contribution in [0, 0.1) is 0 Å². The molecule has 1 atom stereocenters. The fraction of sp³-hybridized carbons (Fsp3) is 0.438. The highest BCUT2D eigenvalue weighted by Gasteiger charge is 2.29. The predicted molar refractivity (Wildman–Crippen MR) is 80.7 cm³/mol. The molecule has 0 aliphatic carbocycles. The van der Waals surface area contributed by atoms with Gasteiger partial charge in [0.15, 0.2) is 0 Å². The Bertz CT molecular complexity index is 662. The molecular weight excluding hydrogens is 282 g/mol. The van der Waals surface area contributed by atoms with Crippen LogP contribution in [-0.4, -0.2) is 43.9 Å². The second-order valence-corrected chi connectivity index (χ2v) is 5.67. The molecule has 6 heteroatoms. The molecule has 0 aromatic carbocycles. The summed E-state index contributed by atoms with van der Waals surface area (Å²) in [6.07, 6.45) is 7.07. The van der Waals surface area contributed by atoms with E-state index in [9.17, 15) is 9.59 Å². The smallest absolute Gasteiger partial charge is 0.303 e. The second kappa shape index (κ2) is 6.17. The fourth-order valence-corrected chi connectivity index (χ4v) is 3.04. The summed E-state index contributed by atoms with van der Waals surface area (Å²) in [6.45, 7) is 0.678. The lowest BCUT2D eigenvalue weighted by atomic mass is 9.97. The molecule has 1 amide bonds. The first-order valence-electron chi connectivity index (χ1n) is 7.61. The molecule has 3 heterocycles. The highest BCUT2D eigenvalue weighted by molar-refractivity contribution is 5.93. The zero-order valence-corrected chi connectivity index (χ0v) is 12.3. The summed E-state index contributed by atoms with van der Waals surface area (Å²) >= 11 is 0. The van der Waals surface area contributed by atoms with E-state index in [4.69, 9.17) is 5.11 Å². The average Bonchev–Trinajstić information content (AvgIpc) is 2.96. The molecule has 1 unspecified atom stereocenters. The summed E-state index contributed by atoms with van der Waals surface area (Å²) in [5.41, 5.74) is 1.17. The molecule has 0 spiro atoms. The van der Waals surface area contributed by atoms with Crippen molar-refractivity contribution in [2.75, 3.05) is 6.54 Å². The van der Waals surface area contributed by atoms with Crippen LogP contribution < -0.4 is 0 Å². The number of carboxylic acid groups (broad SMARTS) is 1. The Morgan fingerprint density at radius 1 is 1.32 bits per heavy atom. The van der Waals surface area contributed by atoms with Crippen molar-refractivity contribution in [3.05, 3.63) is 36.3 Å². The lowest BCUT2D eigenvalue weighted by Gasteiger charge is -2.35. The Kier molecular flexibility index (Phi) is 4.09. The molecule has 1 aliphatic rings. The van der Waals surface area contributed by atoms with Crippen LogP contribution in [0.15, 0.2) is 30.6 Å². The van der Waals surface area contributed by atoms with Crippen LogP contribution in [0.1, 0.15) is 42.6 Å². The number of rotatable bonds is 4. The number of carbonyl (C=O) groups is 2. The summed E-state index contributed by atoms with van der Waals surface area (Å²) in [6, 6.07) is 5.63. The van der Waals surface area contributed by atoms with E-state index in [-0.39, 0.29) is 18.4 Å². The van der Waals surface area contributed by atoms with Crippen LogP contribution in [0.25, 0.3) is 5.65 Å². The third-order valence-electron chi connectivity index (χ3n) is 4.16. The van der Waals surface area contributed by atoms with E-state index in [0.29, 0.717) is 18.7 Å². The predicted octanol–water partition coefficient (Wildman–Crippen LogP) is 2.19. The van der Waals surface area contributed by atoms with Gasteiger partial charge in [-0.2, -0.15) is 0 Å². The molecule has 22 heavy (non-hydrogen) atoms. The van der Waals surface area contributed by atoms with Crippen molar-refractivity contribution in [1.29, 1.82) is 0 Å². The second-order valence-electron chi connectivity index (χ2n) is 5.67. The van der Waals surface area contributed by atoms with E-state index in [1.165, 1.54) is 0 Å². The van der Waals surface area contributed by atoms with Gasteiger partial charge in [0.05, 0.1) is 0 Å². The Hall–Kier alpha value is -2.37. The first kappa shape index (κ1) is 14.6. The van der Waals surface area contributed by atoms with Gasteiger partial charge >= 0.3 is 5.97 Å². The van der Waals surface area contributed by atoms with Crippen molar-refractivity contribution in [3.8, 4) is 0 Å². The highest BCUT2D eigenvalue weighted by Crippen LogP contribution is 2.23. The van der Waals surface area contributed by atoms with Gasteiger partial charge in [0.25, 0.3) is 5.91 Å². The number of aromatic nitrogens is 2. The first-order valence-corrected chi connectivity index (χ1v) is 7.61. The molecule has 1 saturated heterocycles. The summed E-state index contributed by atoms with van der Waals surface area (Å²) in [5, 5.41) is 8.86. The normalized spacial score (nSPS) is 18.5. The van der Waals surface area contributed by atoms with Crippen LogP contribution >= 0.6 is 0 Å². The monoisotopic (exact) mass is 301 g/mol. The largest absolute Gasteiger partial charge is 0.481 e. The summed E-state index contributed by atoms with van der Waals surface area (Å²) in [7, 11) is 0. The van der Waals surface area contributed by atoms with Crippen LogP contribution in [0.2, 0.25) is 0 Å². The number of hydrogen-bond donors (Lipinski definition) is 1. The van der Waals surface area contributed by atoms with Crippen molar-refractivity contribution >= 4 is 17.5 Å². The SMILES string of the molecule is O=C(O)CCC1CCCCN1C(=O)c1cn2ccccc2n1. The maximum Gasteiger partial charge on any atom is 0.303 e. The Morgan fingerprint density at radius 2 is 2.18 bits per heavy atom. The Morgan fingerprint density at radius 3 is 2.95 bits per heavy atom. The van der Waals surface area contributed by atoms with Gasteiger partial charge in [0.2, 0.25) is 0 Å². The van der Waals surface area contributed by atoms with Crippen molar-refractivity contribution in [3.63, 3.8) is 0 Å². The van der Waals surface area contributed by atoms with E-state index >= 15 is 0 Å². The van der Waals surface area contributed by atoms with E-state index in [1.807, 2.05) is 28.8 Å². The topological polar surface area (TPSA) is 74.9 Å². The number of piperidine rings is 1. The van der Waals surface area contributed by atoms with Gasteiger partial charge in [-0.25, -0.2) is 4.98 Å². The first-order chi connectivity index (χ1) is 10.6. The third-order valence-corrected chi connectivity index (χ3v) is 4.16. The van der Waals surface area contributed by atoms with E-state index in [0.717, 1.165) is 24.9 Å². The third kappa shape index (κ3) is 2.95. The van der Waals surface area contributed by atoms with Crippen LogP contribution in [0.3, 0.4) is 0 Å². The van der Waals surface area contributed by atoms with Crippen molar-refractivity contribution < 1.29 is 14.7 Å². The number of fused-ring (bicyclic) bond motifs is 1. The number of nitrogens with zero attached hydrogens (tertiary/aromatic N) is 3. The molecule has 6 nitrogen and oxygen atoms in total. The molecule has 0 radical (unpaired) electrons. The number of hydrogen-bond acceptors (Lipinski definition) is 3. The highest BCUT2D eigenvalue weighted by atomic mass is 16.4. The molecule has 3 rings (SSSR count). The zero-order valence-electron chi connectivity index (χ0n) is 12.3. The Balaban J connectivity index is 1.80. The summed E-state index contributed by atoms with van der Waals surface area (Å²) in [4.78, 5) is 29.7. The zero-order chi connectivity index (χ0) is 15.5. The van der Waals surface area contributed by atoms with Gasteiger partial charge in [0.1, 0.15) is 11.3 Å². The lowest BCUT2D eigenvalue weighted by molar-refractivity contribution is -0.137. The number of imidazole rings is 1. The quantitative estimate of drug-likeness (QED) is 0.939. The maximum absolute atomic E-state index is 12.7. The number of carbonyl (C=O) groups excluding carboxylic acids is 1. The van der Waals surface area contributed by atoms with Crippen LogP contribution in [0.5, 0.6) is 0 Å². The molecular formula is C16H19N3O3. The molecule has 1 fully saturated rings. The average molecular weight is 301 g/mol. The van der Waals surface area contributed by atoms with Gasteiger partial charge in [-0.05, 0) is 37.8 Å². The van der Waals surface area contributed by atoms with E-state index in [2.05, 4.69) is 4.98 Å². The maximum atomic E-state index is 12.7. The van der Waals surface area contributed by atoms with Crippen molar-refractivity contribution in [1.82, 2.24) is 14.3 Å². The molecule has 2 aromatic heterocycles. The van der Waals surface area contributed by atoms with Crippen molar-refractivity contribution in [2.24, 2.45) is 0 Å². The number of likely N-dealkylation sites (tertiary alicyclic amines) is 1. The molecule has 0 bridgehead atoms. The standard InChI is InChI=1S/C16H19N3O3/c20-15(21)8-7-12-5-1-4-10-19(12)16(22)13-11-18-9-3-2-6-14(18)17-13/h2-3,6,9,11-12H,1,4-5,7-8,10H2,(H,20,21). The minimum atomic E-state index is -0.814. The molecule has 2 aromatic rings. The molecule has 1 N–H and O–H groups in total. The summed E-state index contributed by atoms with van der Waals surface area (Å²) in [5.74, 6) is -0.913. The lowest BCUT2D eigenvalue weighted by Crippen LogP contribution is -2.44. The van der Waals surface area contributed by atoms with Gasteiger partial charge in [-0.1, -0.05) is 6.07 Å². The number of aliphatic carboxylic acids is 1. The van der Waals surface area contributed by atoms with E-state index in [1.54, 1.807) is 11.1 Å². The Labute approximate surface area is 128 Å². The molecule has 0 saturated carbocycles. The van der Waals surface area contributed by atoms with Crippen molar-refractivity contribution in [2.45, 2.75) is 38.1 Å². The number of amides is 1. The van der Waals surface area contributed by atoms with Gasteiger partial charge in [-0.3, -0.25) is 9.59 Å². The van der Waals surface area contributed by atoms with Gasteiger partial charge in [-0.15, -0.1) is 0 Å². The van der Waals surface area contributed by atoms with Gasteiger partial charge < -0.3 is 14.4 Å². The van der Waals surface area contributed by atoms with Crippen LogP contribution in [0.4, 0.5) is 0 Å². The number of pyridine rings is 1. The minimum absolute atomic E-state index is 0.00200. The van der Waals surface area contributed by atoms with E-state index < -0.39 is 5.97 Å². The number of carboxylic acids is 1. The fourth-order valence-electron chi connectivity index (χ4n) is 3.04. The summed E-state index contributed by atoms with van der Waals surface area (Å²) < 4.78 is 1.82. The molecule has 1 aliphatic heterocycles. The van der Waals surface area contributed by atoms with Gasteiger partial charge in [0, 0.05) is 31.4 Å². The van der Waals surface area contributed by atoms with Crippen LogP contribution in [-0.2, 0) is 4.79 Å². The minimum Gasteiger partial charge on any atom is -0.481 e.